The Hall–Kier alpha value is -0.0600. The summed E-state index contributed by atoms with van der Waals surface area (Å²) >= 11 is 0. The fraction of sp³-hybridized carbons (Fsp3) is 0.889. The van der Waals surface area contributed by atoms with Gasteiger partial charge < -0.3 is 15.0 Å². The van der Waals surface area contributed by atoms with Gasteiger partial charge in [0.05, 0.1) is 0 Å². The van der Waals surface area contributed by atoms with Crippen LogP contribution < -0.4 is 34.7 Å². The monoisotopic (exact) mass is 338 g/mol. The molecule has 1 N–H and O–H groups in total. The van der Waals surface area contributed by atoms with Crippen molar-refractivity contribution in [2.24, 2.45) is 0 Å². The molecule has 0 aliphatic rings. The third-order valence-corrected chi connectivity index (χ3v) is 3.48. The summed E-state index contributed by atoms with van der Waals surface area (Å²) in [5.74, 6) is -1.58. The van der Waals surface area contributed by atoms with E-state index < -0.39 is 11.9 Å². The Kier molecular flexibility index (Phi) is 29.2. The largest absolute Gasteiger partial charge is 1.00 e. The van der Waals surface area contributed by atoms with Gasteiger partial charge in [0.1, 0.15) is 0 Å². The molecule has 0 atom stereocenters. The van der Waals surface area contributed by atoms with Gasteiger partial charge in [0.25, 0.3) is 0 Å². The van der Waals surface area contributed by atoms with Crippen molar-refractivity contribution >= 4 is 11.9 Å². The van der Waals surface area contributed by atoms with E-state index in [1.807, 2.05) is 0 Å². The van der Waals surface area contributed by atoms with E-state index in [9.17, 15) is 14.7 Å². The molecule has 0 saturated carbocycles. The number of unbranched alkanes of at least 4 members (excludes halogenated alkanes) is 10. The Morgan fingerprint density at radius 2 is 1.04 bits per heavy atom. The second kappa shape index (κ2) is 24.2. The zero-order valence-corrected chi connectivity index (χ0v) is 17.6. The molecule has 0 amide bonds. The summed E-state index contributed by atoms with van der Waals surface area (Å²) in [7, 11) is 0. The second-order valence-electron chi connectivity index (χ2n) is 5.80. The van der Waals surface area contributed by atoms with Gasteiger partial charge in [-0.15, -0.1) is 0 Å². The van der Waals surface area contributed by atoms with Crippen LogP contribution in [0, 0.1) is 0 Å². The number of hydrogen-bond acceptors (Lipinski definition) is 3. The predicted octanol–water partition coefficient (Wildman–Crippen LogP) is 1.31. The molecule has 0 saturated heterocycles. The summed E-state index contributed by atoms with van der Waals surface area (Å²) in [6.45, 7) is 4.34. The first-order valence-electron chi connectivity index (χ1n) is 8.96. The molecule has 23 heavy (non-hydrogen) atoms. The molecule has 0 unspecified atom stereocenters. The third kappa shape index (κ3) is 34.3. The van der Waals surface area contributed by atoms with Crippen LogP contribution in [0.5, 0.6) is 0 Å². The maximum absolute atomic E-state index is 10.0. The van der Waals surface area contributed by atoms with Crippen molar-refractivity contribution < 1.29 is 49.4 Å². The summed E-state index contributed by atoms with van der Waals surface area (Å²) in [6.07, 6.45) is 14.2. The van der Waals surface area contributed by atoms with Gasteiger partial charge in [-0.3, -0.25) is 4.79 Å². The number of hydrogen-bond donors (Lipinski definition) is 1. The summed E-state index contributed by atoms with van der Waals surface area (Å²) < 4.78 is 0. The first kappa shape index (κ1) is 27.8. The van der Waals surface area contributed by atoms with Gasteiger partial charge in [-0.05, 0) is 19.3 Å². The predicted molar refractivity (Wildman–Crippen MR) is 88.6 cm³/mol. The van der Waals surface area contributed by atoms with Gasteiger partial charge in [0, 0.05) is 12.4 Å². The van der Waals surface area contributed by atoms with Crippen LogP contribution in [0.4, 0.5) is 0 Å². The van der Waals surface area contributed by atoms with Gasteiger partial charge in [0.2, 0.25) is 0 Å². The van der Waals surface area contributed by atoms with Crippen LogP contribution in [0.25, 0.3) is 0 Å². The van der Waals surface area contributed by atoms with Gasteiger partial charge in [-0.25, -0.2) is 0 Å². The Morgan fingerprint density at radius 1 is 0.696 bits per heavy atom. The summed E-state index contributed by atoms with van der Waals surface area (Å²) in [5.41, 5.74) is 0. The molecule has 0 heterocycles. The number of rotatable bonds is 14. The van der Waals surface area contributed by atoms with E-state index >= 15 is 0 Å². The van der Waals surface area contributed by atoms with E-state index in [4.69, 9.17) is 5.11 Å². The molecule has 0 aromatic heterocycles. The minimum Gasteiger partial charge on any atom is -0.550 e. The van der Waals surface area contributed by atoms with Crippen molar-refractivity contribution in [3.05, 3.63) is 0 Å². The number of carboxylic acid groups (broad SMARTS) is 2. The topological polar surface area (TPSA) is 77.4 Å². The normalized spacial score (nSPS) is 9.48. The van der Waals surface area contributed by atoms with Crippen LogP contribution in [-0.2, 0) is 9.59 Å². The van der Waals surface area contributed by atoms with Crippen LogP contribution in [0.1, 0.15) is 104 Å². The van der Waals surface area contributed by atoms with Gasteiger partial charge in [0.15, 0.2) is 0 Å². The molecule has 0 aromatic rings. The molecule has 132 valence electrons. The SMILES string of the molecule is CCCCCCCC(=O)O.CCCCCCCCCC(=O)[O-].[Na+]. The third-order valence-electron chi connectivity index (χ3n) is 3.48. The molecule has 0 aliphatic carbocycles. The van der Waals surface area contributed by atoms with Crippen LogP contribution in [0.2, 0.25) is 0 Å². The zero-order chi connectivity index (χ0) is 17.1. The van der Waals surface area contributed by atoms with Crippen molar-refractivity contribution in [3.63, 3.8) is 0 Å². The van der Waals surface area contributed by atoms with Crippen molar-refractivity contribution in [1.82, 2.24) is 0 Å². The van der Waals surface area contributed by atoms with Gasteiger partial charge >= 0.3 is 35.5 Å². The molecule has 0 fully saturated rings. The van der Waals surface area contributed by atoms with E-state index in [-0.39, 0.29) is 36.0 Å². The summed E-state index contributed by atoms with van der Waals surface area (Å²) in [4.78, 5) is 20.1. The quantitative estimate of drug-likeness (QED) is 0.383. The summed E-state index contributed by atoms with van der Waals surface area (Å²) in [5, 5.41) is 18.3. The molecular formula is C18H35NaO4. The first-order valence-corrected chi connectivity index (χ1v) is 8.96. The van der Waals surface area contributed by atoms with Crippen LogP contribution in [-0.4, -0.2) is 17.0 Å². The average molecular weight is 338 g/mol. The number of carboxylic acids is 2. The zero-order valence-electron chi connectivity index (χ0n) is 15.6. The first-order chi connectivity index (χ1) is 10.5. The molecule has 0 spiro atoms. The van der Waals surface area contributed by atoms with Crippen molar-refractivity contribution in [1.29, 1.82) is 0 Å². The van der Waals surface area contributed by atoms with Crippen LogP contribution in [0.15, 0.2) is 0 Å². The maximum Gasteiger partial charge on any atom is 1.00 e. The average Bonchev–Trinajstić information content (AvgIpc) is 2.46. The van der Waals surface area contributed by atoms with E-state index in [1.54, 1.807) is 0 Å². The molecule has 4 nitrogen and oxygen atoms in total. The van der Waals surface area contributed by atoms with Gasteiger partial charge in [-0.1, -0.05) is 78.1 Å². The summed E-state index contributed by atoms with van der Waals surface area (Å²) in [6, 6.07) is 0. The Morgan fingerprint density at radius 3 is 1.39 bits per heavy atom. The molecule has 0 rings (SSSR count). The Labute approximate surface area is 164 Å². The maximum atomic E-state index is 10.0. The molecule has 0 aliphatic heterocycles. The fourth-order valence-corrected chi connectivity index (χ4v) is 2.11. The molecular weight excluding hydrogens is 303 g/mol. The number of carbonyl (C=O) groups is 2. The Balaban J connectivity index is -0.000000338. The van der Waals surface area contributed by atoms with Crippen molar-refractivity contribution in [3.8, 4) is 0 Å². The molecule has 0 radical (unpaired) electrons. The standard InChI is InChI=1S/C10H20O2.C8H16O2.Na/c1-2-3-4-5-6-7-8-9-10(11)12;1-2-3-4-5-6-7-8(9)10;/h2-9H2,1H3,(H,11,12);2-7H2,1H3,(H,9,10);/q;;+1/p-1. The number of carbonyl (C=O) groups excluding carboxylic acids is 1. The Bertz CT molecular complexity index is 257. The van der Waals surface area contributed by atoms with Crippen molar-refractivity contribution in [2.45, 2.75) is 104 Å². The van der Waals surface area contributed by atoms with E-state index in [0.717, 1.165) is 25.7 Å². The van der Waals surface area contributed by atoms with E-state index in [0.29, 0.717) is 6.42 Å². The molecule has 0 aromatic carbocycles. The van der Waals surface area contributed by atoms with E-state index in [2.05, 4.69) is 13.8 Å². The van der Waals surface area contributed by atoms with Crippen LogP contribution >= 0.6 is 0 Å². The van der Waals surface area contributed by atoms with E-state index in [1.165, 1.54) is 51.4 Å². The van der Waals surface area contributed by atoms with Gasteiger partial charge in [-0.2, -0.15) is 0 Å². The fourth-order valence-electron chi connectivity index (χ4n) is 2.11. The van der Waals surface area contributed by atoms with Crippen LogP contribution in [0.3, 0.4) is 0 Å². The molecule has 0 bridgehead atoms. The van der Waals surface area contributed by atoms with Crippen molar-refractivity contribution in [2.75, 3.05) is 0 Å². The smallest absolute Gasteiger partial charge is 0.550 e. The minimum absolute atomic E-state index is 0. The number of aliphatic carboxylic acids is 2. The molecule has 5 heteroatoms. The second-order valence-corrected chi connectivity index (χ2v) is 5.80. The minimum atomic E-state index is -0.913.